The van der Waals surface area contributed by atoms with Crippen LogP contribution in [-0.2, 0) is 12.8 Å². The lowest BCUT2D eigenvalue weighted by Gasteiger charge is -2.16. The monoisotopic (exact) mass is 892 g/mol. The third-order valence-corrected chi connectivity index (χ3v) is 11.9. The maximum absolute atomic E-state index is 5.97. The quantitative estimate of drug-likeness (QED) is 0.0923. The molecule has 10 rings (SSSR count). The van der Waals surface area contributed by atoms with E-state index in [0.29, 0.717) is 33.7 Å². The molecule has 324 valence electrons. The number of ether oxygens (including phenoxy) is 2. The summed E-state index contributed by atoms with van der Waals surface area (Å²) in [6.45, 7) is 0. The topological polar surface area (TPSA) is 154 Å². The van der Waals surface area contributed by atoms with Gasteiger partial charge in [0.05, 0.1) is 37.0 Å². The Labute approximate surface area is 381 Å². The summed E-state index contributed by atoms with van der Waals surface area (Å²) in [4.78, 5) is 27.4. The van der Waals surface area contributed by atoms with Crippen LogP contribution in [0.3, 0.4) is 0 Å². The summed E-state index contributed by atoms with van der Waals surface area (Å²) in [5.41, 5.74) is 10.4. The van der Waals surface area contributed by atoms with E-state index in [1.165, 1.54) is 22.3 Å². The van der Waals surface area contributed by atoms with E-state index >= 15 is 0 Å². The first-order valence-electron chi connectivity index (χ1n) is 20.9. The molecule has 4 heterocycles. The number of benzene rings is 4. The molecule has 0 bridgehead atoms. The van der Waals surface area contributed by atoms with Crippen LogP contribution in [0.25, 0.3) is 11.4 Å². The summed E-state index contributed by atoms with van der Waals surface area (Å²) in [6.07, 6.45) is 10.8. The fourth-order valence-electron chi connectivity index (χ4n) is 8.52. The molecule has 14 nitrogen and oxygen atoms in total. The van der Waals surface area contributed by atoms with Gasteiger partial charge in [-0.2, -0.15) is 9.97 Å². The Kier molecular flexibility index (Phi) is 12.3. The lowest BCUT2D eigenvalue weighted by molar-refractivity contribution is 0.413. The lowest BCUT2D eigenvalue weighted by atomic mass is 9.97. The molecule has 4 N–H and O–H groups in total. The summed E-state index contributed by atoms with van der Waals surface area (Å²) in [5, 5.41) is 14.0. The minimum Gasteiger partial charge on any atom is -0.494 e. The molecule has 64 heavy (non-hydrogen) atoms. The number of anilines is 6. The summed E-state index contributed by atoms with van der Waals surface area (Å²) >= 11 is 11.9. The molecule has 0 amide bonds. The molecule has 0 saturated heterocycles. The number of halogens is 2. The number of aromatic nitrogens is 8. The van der Waals surface area contributed by atoms with Crippen LogP contribution < -0.4 is 30.7 Å². The van der Waals surface area contributed by atoms with Gasteiger partial charge < -0.3 is 39.9 Å². The van der Waals surface area contributed by atoms with Gasteiger partial charge in [-0.15, -0.1) is 0 Å². The molecule has 2 atom stereocenters. The van der Waals surface area contributed by atoms with Crippen molar-refractivity contribution >= 4 is 58.1 Å². The third-order valence-electron chi connectivity index (χ3n) is 11.5. The largest absolute Gasteiger partial charge is 0.494 e. The predicted octanol–water partition coefficient (Wildman–Crippen LogP) is 10.4. The average Bonchev–Trinajstić information content (AvgIpc) is 4.16. The Morgan fingerprint density at radius 2 is 0.984 bits per heavy atom. The number of nitrogens with one attached hydrogen (secondary N) is 4. The van der Waals surface area contributed by atoms with Gasteiger partial charge in [-0.25, -0.2) is 19.9 Å². The molecule has 0 aliphatic heterocycles. The minimum absolute atomic E-state index is 0.268. The molecule has 0 radical (unpaired) electrons. The second-order valence-electron chi connectivity index (χ2n) is 15.3. The van der Waals surface area contributed by atoms with Gasteiger partial charge in [-0.05, 0) is 61.1 Å². The van der Waals surface area contributed by atoms with Crippen LogP contribution in [0.1, 0.15) is 58.3 Å². The SMILES string of the molecule is CNc1nc(Nc2ccc(-n3cnc(Cl)c3)c(OC)c2)nc2c1CC[C@@H]2c1ccccc1.CNc1nc(Nc2ccc(-n3cnc(Cl)c3)c(OC)c2)nc2c1CC[C@H]2c1ccccc1. The van der Waals surface area contributed by atoms with Gasteiger partial charge >= 0.3 is 0 Å². The van der Waals surface area contributed by atoms with E-state index in [-0.39, 0.29) is 11.8 Å². The first kappa shape index (κ1) is 42.2. The molecule has 2 aliphatic rings. The third kappa shape index (κ3) is 8.74. The van der Waals surface area contributed by atoms with Crippen LogP contribution >= 0.6 is 23.2 Å². The second-order valence-corrected chi connectivity index (χ2v) is 16.0. The molecule has 4 aromatic carbocycles. The van der Waals surface area contributed by atoms with Crippen molar-refractivity contribution in [1.29, 1.82) is 0 Å². The highest BCUT2D eigenvalue weighted by atomic mass is 35.5. The Morgan fingerprint density at radius 3 is 1.34 bits per heavy atom. The number of rotatable bonds is 12. The number of nitrogens with zero attached hydrogens (tertiary/aromatic N) is 8. The summed E-state index contributed by atoms with van der Waals surface area (Å²) < 4.78 is 14.8. The molecule has 0 fully saturated rings. The molecular formula is C48H46Cl2N12O2. The van der Waals surface area contributed by atoms with Gasteiger partial charge in [-0.1, -0.05) is 83.9 Å². The zero-order chi connectivity index (χ0) is 44.2. The zero-order valence-electron chi connectivity index (χ0n) is 35.7. The van der Waals surface area contributed by atoms with E-state index in [4.69, 9.17) is 52.6 Å². The van der Waals surface area contributed by atoms with Crippen molar-refractivity contribution in [1.82, 2.24) is 39.0 Å². The van der Waals surface area contributed by atoms with Crippen molar-refractivity contribution in [2.75, 3.05) is 49.6 Å². The van der Waals surface area contributed by atoms with Crippen LogP contribution in [0.2, 0.25) is 10.3 Å². The molecule has 4 aromatic heterocycles. The highest BCUT2D eigenvalue weighted by molar-refractivity contribution is 6.29. The average molecular weight is 894 g/mol. The first-order chi connectivity index (χ1) is 31.3. The summed E-state index contributed by atoms with van der Waals surface area (Å²) in [6, 6.07) is 32.7. The van der Waals surface area contributed by atoms with Crippen molar-refractivity contribution in [3.8, 4) is 22.9 Å². The number of methoxy groups -OCH3 is 2. The van der Waals surface area contributed by atoms with Crippen LogP contribution in [0, 0.1) is 0 Å². The van der Waals surface area contributed by atoms with Crippen molar-refractivity contribution in [2.24, 2.45) is 0 Å². The minimum atomic E-state index is 0.268. The van der Waals surface area contributed by atoms with Gasteiger partial charge in [0, 0.05) is 73.0 Å². The van der Waals surface area contributed by atoms with Crippen molar-refractivity contribution in [2.45, 2.75) is 37.5 Å². The fraction of sp³-hybridized carbons (Fsp3) is 0.208. The number of hydrogen-bond donors (Lipinski definition) is 4. The number of fused-ring (bicyclic) bond motifs is 2. The lowest BCUT2D eigenvalue weighted by Crippen LogP contribution is -2.08. The molecular weight excluding hydrogens is 848 g/mol. The Hall–Kier alpha value is -7.16. The van der Waals surface area contributed by atoms with Gasteiger partial charge in [0.2, 0.25) is 11.9 Å². The fourth-order valence-corrected chi connectivity index (χ4v) is 8.82. The Bertz CT molecular complexity index is 2710. The number of hydrogen-bond acceptors (Lipinski definition) is 12. The van der Waals surface area contributed by atoms with E-state index in [2.05, 4.69) is 79.8 Å². The van der Waals surface area contributed by atoms with Crippen molar-refractivity contribution in [3.63, 3.8) is 0 Å². The maximum atomic E-state index is 5.97. The van der Waals surface area contributed by atoms with Crippen LogP contribution in [0.5, 0.6) is 11.5 Å². The van der Waals surface area contributed by atoms with Crippen LogP contribution in [-0.4, -0.2) is 67.4 Å². The van der Waals surface area contributed by atoms with Crippen molar-refractivity contribution < 1.29 is 9.47 Å². The molecule has 0 saturated carbocycles. The number of imidazole rings is 2. The summed E-state index contributed by atoms with van der Waals surface area (Å²) in [7, 11) is 7.07. The summed E-state index contributed by atoms with van der Waals surface area (Å²) in [5.74, 6) is 4.74. The van der Waals surface area contributed by atoms with E-state index < -0.39 is 0 Å². The molecule has 0 spiro atoms. The van der Waals surface area contributed by atoms with Crippen molar-refractivity contribution in [3.05, 3.63) is 166 Å². The second kappa shape index (κ2) is 18.7. The van der Waals surface area contributed by atoms with Gasteiger partial charge in [-0.3, -0.25) is 0 Å². The molecule has 2 aliphatic carbocycles. The van der Waals surface area contributed by atoms with Gasteiger partial charge in [0.25, 0.3) is 0 Å². The highest BCUT2D eigenvalue weighted by Gasteiger charge is 2.31. The Morgan fingerprint density at radius 1 is 0.562 bits per heavy atom. The van der Waals surface area contributed by atoms with Crippen LogP contribution in [0.15, 0.2) is 122 Å². The maximum Gasteiger partial charge on any atom is 0.229 e. The van der Waals surface area contributed by atoms with E-state index in [1.54, 1.807) is 39.3 Å². The standard InChI is InChI=1S/2C24H23ClN6O/c2*1-26-23-18-10-9-17(15-6-4-3-5-7-15)22(18)29-24(30-23)28-16-8-11-19(20(12-16)32-2)31-13-21(25)27-14-31/h2*3-8,11-14,17H,9-10H2,1-2H3,(H2,26,28,29,30)/t2*17-/m10/s1. The normalized spacial score (nSPS) is 14.8. The predicted molar refractivity (Wildman–Crippen MR) is 253 cm³/mol. The zero-order valence-corrected chi connectivity index (χ0v) is 37.2. The van der Waals surface area contributed by atoms with Gasteiger partial charge in [0.15, 0.2) is 0 Å². The molecule has 16 heteroatoms. The smallest absolute Gasteiger partial charge is 0.229 e. The highest BCUT2D eigenvalue weighted by Crippen LogP contribution is 2.42. The Balaban J connectivity index is 0.000000162. The van der Waals surface area contributed by atoms with E-state index in [1.807, 2.05) is 71.8 Å². The van der Waals surface area contributed by atoms with E-state index in [9.17, 15) is 0 Å². The van der Waals surface area contributed by atoms with Gasteiger partial charge in [0.1, 0.15) is 46.1 Å². The molecule has 0 unspecified atom stereocenters. The molecule has 8 aromatic rings. The van der Waals surface area contributed by atoms with Crippen LogP contribution in [0.4, 0.5) is 34.9 Å². The first-order valence-corrected chi connectivity index (χ1v) is 21.6. The van der Waals surface area contributed by atoms with E-state index in [0.717, 1.165) is 71.5 Å².